The number of hydrogen-bond acceptors (Lipinski definition) is 2. The average Bonchev–Trinajstić information content (AvgIpc) is 1.75. The van der Waals surface area contributed by atoms with Crippen molar-refractivity contribution in [1.29, 1.82) is 0 Å². The van der Waals surface area contributed by atoms with Gasteiger partial charge in [-0.3, -0.25) is 0 Å². The molecule has 1 saturated carbocycles. The van der Waals surface area contributed by atoms with Crippen LogP contribution in [0, 0.1) is 0 Å². The van der Waals surface area contributed by atoms with Crippen LogP contribution in [0.5, 0.6) is 0 Å². The largest absolute Gasteiger partial charge is 0.313 e. The van der Waals surface area contributed by atoms with Crippen molar-refractivity contribution >= 4 is 0 Å². The van der Waals surface area contributed by atoms with Crippen LogP contribution in [0.1, 0.15) is 19.3 Å². The molecule has 0 unspecified atom stereocenters. The molecule has 2 nitrogen and oxygen atoms in total. The van der Waals surface area contributed by atoms with E-state index >= 15 is 0 Å². The van der Waals surface area contributed by atoms with Gasteiger partial charge < -0.3 is 10.2 Å². The summed E-state index contributed by atoms with van der Waals surface area (Å²) in [5.41, 5.74) is 0. The van der Waals surface area contributed by atoms with Gasteiger partial charge in [0.05, 0.1) is 0 Å². The Labute approximate surface area is 63.6 Å². The molecule has 2 heteroatoms. The van der Waals surface area contributed by atoms with Crippen molar-refractivity contribution in [3.63, 3.8) is 0 Å². The summed E-state index contributed by atoms with van der Waals surface area (Å²) in [5, 5.41) is 3.51. The van der Waals surface area contributed by atoms with E-state index in [-0.39, 0.29) is 0 Å². The summed E-state index contributed by atoms with van der Waals surface area (Å²) in [6.07, 6.45) is 4.22. The van der Waals surface area contributed by atoms with Gasteiger partial charge in [-0.25, -0.2) is 0 Å². The van der Waals surface area contributed by atoms with Gasteiger partial charge in [-0.15, -0.1) is 0 Å². The predicted octanol–water partition coefficient (Wildman–Crippen LogP) is 0.690. The summed E-state index contributed by atoms with van der Waals surface area (Å²) in [7, 11) is 4.23. The first-order valence-electron chi connectivity index (χ1n) is 4.17. The summed E-state index contributed by atoms with van der Waals surface area (Å²) in [6.45, 7) is 2.31. The lowest BCUT2D eigenvalue weighted by atomic mass is 9.93. The Balaban J connectivity index is 1.85. The standard InChI is InChI=1S/C8H18N2/c1-10(2)7-6-9-8-4-3-5-8/h8-9H,3-7H2,1-2H3. The van der Waals surface area contributed by atoms with E-state index in [1.807, 2.05) is 0 Å². The Morgan fingerprint density at radius 3 is 2.50 bits per heavy atom. The molecule has 60 valence electrons. The molecule has 0 amide bonds. The summed E-state index contributed by atoms with van der Waals surface area (Å²) < 4.78 is 0. The van der Waals surface area contributed by atoms with Gasteiger partial charge >= 0.3 is 0 Å². The van der Waals surface area contributed by atoms with Crippen molar-refractivity contribution in [1.82, 2.24) is 10.2 Å². The van der Waals surface area contributed by atoms with E-state index in [4.69, 9.17) is 0 Å². The molecule has 0 heterocycles. The Morgan fingerprint density at radius 2 is 2.10 bits per heavy atom. The summed E-state index contributed by atoms with van der Waals surface area (Å²) >= 11 is 0. The number of nitrogens with zero attached hydrogens (tertiary/aromatic N) is 1. The van der Waals surface area contributed by atoms with Crippen LogP contribution in [0.25, 0.3) is 0 Å². The fraction of sp³-hybridized carbons (Fsp3) is 1.00. The molecule has 0 aromatic carbocycles. The quantitative estimate of drug-likeness (QED) is 0.621. The SMILES string of the molecule is CN(C)CCNC1CCC1. The average molecular weight is 142 g/mol. The minimum Gasteiger partial charge on any atom is -0.313 e. The first kappa shape index (κ1) is 8.02. The molecular weight excluding hydrogens is 124 g/mol. The number of likely N-dealkylation sites (N-methyl/N-ethyl adjacent to an activating group) is 1. The van der Waals surface area contributed by atoms with Gasteiger partial charge in [0, 0.05) is 19.1 Å². The van der Waals surface area contributed by atoms with Gasteiger partial charge in [0.15, 0.2) is 0 Å². The van der Waals surface area contributed by atoms with Crippen LogP contribution in [0.15, 0.2) is 0 Å². The van der Waals surface area contributed by atoms with Crippen molar-refractivity contribution < 1.29 is 0 Å². The van der Waals surface area contributed by atoms with Crippen molar-refractivity contribution in [3.8, 4) is 0 Å². The van der Waals surface area contributed by atoms with E-state index in [0.717, 1.165) is 19.1 Å². The van der Waals surface area contributed by atoms with Gasteiger partial charge in [-0.05, 0) is 26.9 Å². The lowest BCUT2D eigenvalue weighted by molar-refractivity contribution is 0.315. The van der Waals surface area contributed by atoms with E-state index < -0.39 is 0 Å². The molecule has 0 aromatic heterocycles. The minimum atomic E-state index is 0.847. The van der Waals surface area contributed by atoms with Crippen LogP contribution in [0.3, 0.4) is 0 Å². The molecule has 0 radical (unpaired) electrons. The van der Waals surface area contributed by atoms with Gasteiger partial charge in [0.25, 0.3) is 0 Å². The van der Waals surface area contributed by atoms with Crippen LogP contribution in [-0.4, -0.2) is 38.1 Å². The molecule has 1 aliphatic carbocycles. The smallest absolute Gasteiger partial charge is 0.0101 e. The number of rotatable bonds is 4. The highest BCUT2D eigenvalue weighted by atomic mass is 15.1. The van der Waals surface area contributed by atoms with Gasteiger partial charge in [0.1, 0.15) is 0 Å². The van der Waals surface area contributed by atoms with Crippen molar-refractivity contribution in [2.24, 2.45) is 0 Å². The maximum atomic E-state index is 3.51. The molecule has 0 bridgehead atoms. The molecule has 0 atom stereocenters. The Bertz CT molecular complexity index is 87.3. The number of nitrogens with one attached hydrogen (secondary N) is 1. The second kappa shape index (κ2) is 3.94. The molecule has 0 spiro atoms. The maximum absolute atomic E-state index is 3.51. The Hall–Kier alpha value is -0.0800. The molecule has 0 saturated heterocycles. The fourth-order valence-electron chi connectivity index (χ4n) is 1.10. The second-order valence-electron chi connectivity index (χ2n) is 3.39. The number of hydrogen-bond donors (Lipinski definition) is 1. The van der Waals surface area contributed by atoms with E-state index in [0.29, 0.717) is 0 Å². The van der Waals surface area contributed by atoms with Crippen LogP contribution in [0.4, 0.5) is 0 Å². The fourth-order valence-corrected chi connectivity index (χ4v) is 1.10. The third-order valence-electron chi connectivity index (χ3n) is 2.10. The second-order valence-corrected chi connectivity index (χ2v) is 3.39. The highest BCUT2D eigenvalue weighted by Crippen LogP contribution is 2.17. The van der Waals surface area contributed by atoms with E-state index in [9.17, 15) is 0 Å². The Morgan fingerprint density at radius 1 is 1.40 bits per heavy atom. The zero-order valence-electron chi connectivity index (χ0n) is 7.06. The maximum Gasteiger partial charge on any atom is 0.0101 e. The predicted molar refractivity (Wildman–Crippen MR) is 44.2 cm³/mol. The van der Waals surface area contributed by atoms with Crippen molar-refractivity contribution in [2.75, 3.05) is 27.2 Å². The third kappa shape index (κ3) is 2.67. The zero-order chi connectivity index (χ0) is 7.40. The lowest BCUT2D eigenvalue weighted by Gasteiger charge is -2.27. The van der Waals surface area contributed by atoms with Gasteiger partial charge in [-0.1, -0.05) is 6.42 Å². The van der Waals surface area contributed by atoms with E-state index in [1.165, 1.54) is 19.3 Å². The van der Waals surface area contributed by atoms with Crippen LogP contribution >= 0.6 is 0 Å². The molecule has 1 rings (SSSR count). The van der Waals surface area contributed by atoms with Gasteiger partial charge in [0.2, 0.25) is 0 Å². The summed E-state index contributed by atoms with van der Waals surface area (Å²) in [6, 6.07) is 0.847. The Kier molecular flexibility index (Phi) is 3.16. The van der Waals surface area contributed by atoms with Crippen LogP contribution in [0.2, 0.25) is 0 Å². The normalized spacial score (nSPS) is 19.5. The molecule has 0 aliphatic heterocycles. The summed E-state index contributed by atoms with van der Waals surface area (Å²) in [4.78, 5) is 2.21. The van der Waals surface area contributed by atoms with Crippen molar-refractivity contribution in [2.45, 2.75) is 25.3 Å². The summed E-state index contributed by atoms with van der Waals surface area (Å²) in [5.74, 6) is 0. The topological polar surface area (TPSA) is 15.3 Å². The zero-order valence-corrected chi connectivity index (χ0v) is 7.06. The van der Waals surface area contributed by atoms with Crippen LogP contribution in [-0.2, 0) is 0 Å². The van der Waals surface area contributed by atoms with E-state index in [1.54, 1.807) is 0 Å². The monoisotopic (exact) mass is 142 g/mol. The first-order chi connectivity index (χ1) is 4.79. The van der Waals surface area contributed by atoms with Crippen LogP contribution < -0.4 is 5.32 Å². The third-order valence-corrected chi connectivity index (χ3v) is 2.10. The lowest BCUT2D eigenvalue weighted by Crippen LogP contribution is -2.38. The highest BCUT2D eigenvalue weighted by molar-refractivity contribution is 4.76. The molecule has 1 aliphatic rings. The molecule has 1 fully saturated rings. The molecule has 1 N–H and O–H groups in total. The first-order valence-corrected chi connectivity index (χ1v) is 4.17. The molecule has 10 heavy (non-hydrogen) atoms. The molecular formula is C8H18N2. The van der Waals surface area contributed by atoms with Crippen molar-refractivity contribution in [3.05, 3.63) is 0 Å². The minimum absolute atomic E-state index is 0.847. The van der Waals surface area contributed by atoms with E-state index in [2.05, 4.69) is 24.3 Å². The van der Waals surface area contributed by atoms with Gasteiger partial charge in [-0.2, -0.15) is 0 Å². The molecule has 0 aromatic rings. The highest BCUT2D eigenvalue weighted by Gasteiger charge is 2.15.